The Bertz CT molecular complexity index is 510. The molecule has 2 N–H and O–H groups in total. The van der Waals surface area contributed by atoms with Gasteiger partial charge in [-0.15, -0.1) is 22.2 Å². The largest absolute Gasteiger partial charge is 0.330 e. The van der Waals surface area contributed by atoms with Crippen molar-refractivity contribution < 1.29 is 0 Å². The van der Waals surface area contributed by atoms with Gasteiger partial charge in [-0.25, -0.2) is 0 Å². The first-order valence-corrected chi connectivity index (χ1v) is 25.4. The lowest BCUT2D eigenvalue weighted by molar-refractivity contribution is 0.510. The summed E-state index contributed by atoms with van der Waals surface area (Å²) in [6, 6.07) is 1.06. The van der Waals surface area contributed by atoms with Crippen molar-refractivity contribution in [3.8, 4) is 0 Å². The van der Waals surface area contributed by atoms with Gasteiger partial charge in [-0.2, -0.15) is 0 Å². The van der Waals surface area contributed by atoms with Crippen LogP contribution in [0.1, 0.15) is 238 Å². The van der Waals surface area contributed by atoms with E-state index in [1.165, 1.54) is 238 Å². The van der Waals surface area contributed by atoms with Gasteiger partial charge in [-0.05, 0) is 25.6 Å². The van der Waals surface area contributed by atoms with Crippen molar-refractivity contribution >= 4 is 28.9 Å². The molecule has 0 atom stereocenters. The van der Waals surface area contributed by atoms with E-state index in [1.807, 2.05) is 6.55 Å². The maximum atomic E-state index is 6.17. The molecule has 0 spiro atoms. The van der Waals surface area contributed by atoms with Gasteiger partial charge in [0.2, 0.25) is 6.69 Å². The van der Waals surface area contributed by atoms with Gasteiger partial charge < -0.3 is 5.73 Å². The fourth-order valence-corrected chi connectivity index (χ4v) is 8.44. The number of hydrogen-bond acceptors (Lipinski definition) is 1. The van der Waals surface area contributed by atoms with E-state index >= 15 is 0 Å². The Kier molecular flexibility index (Phi) is 38.9. The number of hydrogen-bond donors (Lipinski definition) is 1. The molecule has 0 fully saturated rings. The first-order chi connectivity index (χ1) is 21.6. The van der Waals surface area contributed by atoms with Crippen LogP contribution in [0.25, 0.3) is 0 Å². The lowest BCUT2D eigenvalue weighted by atomic mass is 10.0. The van der Waals surface area contributed by atoms with Gasteiger partial charge in [0.05, 0.1) is 0 Å². The van der Waals surface area contributed by atoms with E-state index in [0.29, 0.717) is 0 Å². The molecule has 0 aliphatic rings. The van der Waals surface area contributed by atoms with Crippen molar-refractivity contribution in [2.75, 3.05) is 6.54 Å². The van der Waals surface area contributed by atoms with Gasteiger partial charge >= 0.3 is 0 Å². The van der Waals surface area contributed by atoms with Crippen LogP contribution < -0.4 is 5.73 Å². The van der Waals surface area contributed by atoms with E-state index in [0.717, 1.165) is 12.6 Å². The minimum atomic E-state index is -1.84. The maximum absolute atomic E-state index is 6.17. The lowest BCUT2D eigenvalue weighted by Gasteiger charge is -2.09. The summed E-state index contributed by atoms with van der Waals surface area (Å²) in [4.78, 5) is 0. The van der Waals surface area contributed by atoms with Gasteiger partial charge in [-0.3, -0.25) is 0 Å². The first kappa shape index (κ1) is 44.8. The zero-order valence-corrected chi connectivity index (χ0v) is 32.9. The Morgan fingerprint density at radius 3 is 0.545 bits per heavy atom. The quantitative estimate of drug-likeness (QED) is 0.0391. The summed E-state index contributed by atoms with van der Waals surface area (Å²) < 4.78 is 0. The van der Waals surface area contributed by atoms with Crippen molar-refractivity contribution in [3.63, 3.8) is 0 Å². The van der Waals surface area contributed by atoms with Crippen molar-refractivity contribution in [3.05, 3.63) is 0 Å². The molecule has 44 heavy (non-hydrogen) atoms. The minimum absolute atomic E-state index is 0.872. The van der Waals surface area contributed by atoms with Crippen LogP contribution in [0, 0.1) is 0 Å². The Hall–Kier alpha value is 0.757. The molecule has 0 aliphatic heterocycles. The van der Waals surface area contributed by atoms with Crippen molar-refractivity contribution in [1.82, 2.24) is 0 Å². The molecule has 0 saturated heterocycles. The third-order valence-corrected chi connectivity index (χ3v) is 12.2. The number of nitrogens with two attached hydrogens (primary N) is 1. The van der Waals surface area contributed by atoms with Gasteiger partial charge in [0, 0.05) is 0 Å². The smallest absolute Gasteiger partial charge is 0.248 e. The third-order valence-electron chi connectivity index (χ3n) is 9.82. The predicted octanol–water partition coefficient (Wildman–Crippen LogP) is 15.9. The van der Waals surface area contributed by atoms with Crippen LogP contribution >= 0.6 is 22.2 Å². The van der Waals surface area contributed by atoms with E-state index < -0.39 is 6.69 Å². The van der Waals surface area contributed by atoms with Crippen LogP contribution in [0.2, 0.25) is 12.6 Å². The molecule has 0 aromatic carbocycles. The van der Waals surface area contributed by atoms with Crippen molar-refractivity contribution in [1.29, 1.82) is 0 Å². The number of rotatable bonds is 39. The molecule has 0 rings (SSSR count). The molecule has 0 aliphatic carbocycles. The van der Waals surface area contributed by atoms with Gasteiger partial charge in [0.25, 0.3) is 0 Å². The summed E-state index contributed by atoms with van der Waals surface area (Å²) in [5, 5.41) is 0. The lowest BCUT2D eigenvalue weighted by Crippen LogP contribution is -2.11. The molecule has 0 aromatic heterocycles. The molecule has 0 bridgehead atoms. The number of unbranched alkanes of at least 4 members (excludes halogenated alkanes) is 36. The zero-order chi connectivity index (χ0) is 32.1. The Morgan fingerprint density at radius 1 is 0.273 bits per heavy atom. The number of halogens is 2. The van der Waals surface area contributed by atoms with Crippen molar-refractivity contribution in [2.45, 2.75) is 250 Å². The Balaban J connectivity index is 3.05. The van der Waals surface area contributed by atoms with Gasteiger partial charge in [0.1, 0.15) is 0 Å². The molecule has 0 heterocycles. The minimum Gasteiger partial charge on any atom is -0.330 e. The molecule has 0 saturated carbocycles. The molecule has 266 valence electrons. The summed E-state index contributed by atoms with van der Waals surface area (Å²) in [5.41, 5.74) is 5.55. The highest BCUT2D eigenvalue weighted by molar-refractivity contribution is 7.44. The highest BCUT2D eigenvalue weighted by Gasteiger charge is 2.19. The monoisotopic (exact) mass is 676 g/mol. The van der Waals surface area contributed by atoms with E-state index in [1.54, 1.807) is 0 Å². The van der Waals surface area contributed by atoms with E-state index in [9.17, 15) is 0 Å². The third kappa shape index (κ3) is 42.8. The average Bonchev–Trinajstić information content (AvgIpc) is 3.00. The van der Waals surface area contributed by atoms with Crippen molar-refractivity contribution in [2.24, 2.45) is 5.73 Å². The highest BCUT2D eigenvalue weighted by atomic mass is 35.7. The van der Waals surface area contributed by atoms with Crippen LogP contribution in [0.15, 0.2) is 0 Å². The maximum Gasteiger partial charge on any atom is 0.248 e. The van der Waals surface area contributed by atoms with E-state index in [4.69, 9.17) is 27.9 Å². The Morgan fingerprint density at radius 2 is 0.409 bits per heavy atom. The van der Waals surface area contributed by atoms with Crippen LogP contribution in [-0.4, -0.2) is 13.2 Å². The second-order valence-corrected chi connectivity index (χ2v) is 22.9. The molecule has 0 aromatic rings. The van der Waals surface area contributed by atoms with Crippen LogP contribution in [-0.2, 0) is 0 Å². The second-order valence-electron chi connectivity index (χ2n) is 14.7. The molecule has 0 amide bonds. The Labute approximate surface area is 290 Å². The summed E-state index contributed by atoms with van der Waals surface area (Å²) in [6.07, 6.45) is 53.4. The zero-order valence-electron chi connectivity index (χ0n) is 30.4. The standard InChI is InChI=1S/C40H83Cl2NSi/c1-44(41,42)40-38-36-34-32-30-28-26-24-22-20-18-16-14-12-10-8-6-4-2-3-5-7-9-11-13-15-17-19-21-23-25-27-29-31-33-35-37-39-43/h2-40,43H2,1H3. The van der Waals surface area contributed by atoms with Crippen LogP contribution in [0.4, 0.5) is 0 Å². The van der Waals surface area contributed by atoms with Crippen LogP contribution in [0.3, 0.4) is 0 Å². The molecule has 1 nitrogen and oxygen atoms in total. The highest BCUT2D eigenvalue weighted by Crippen LogP contribution is 2.23. The summed E-state index contributed by atoms with van der Waals surface area (Å²) in [7, 11) is 0. The summed E-state index contributed by atoms with van der Waals surface area (Å²) in [6.45, 7) is 1.07. The topological polar surface area (TPSA) is 26.0 Å². The first-order valence-electron chi connectivity index (χ1n) is 20.6. The average molecular weight is 677 g/mol. The SMILES string of the molecule is C[Si](Cl)(Cl)CCCCCCCCCCCCCCCCCCCCCCCCCCCCCCCCCCCCCCCN. The fraction of sp³-hybridized carbons (Fsp3) is 1.00. The molecular weight excluding hydrogens is 593 g/mol. The molecule has 0 unspecified atom stereocenters. The summed E-state index contributed by atoms with van der Waals surface area (Å²) >= 11 is 12.3. The van der Waals surface area contributed by atoms with Gasteiger partial charge in [-0.1, -0.05) is 231 Å². The van der Waals surface area contributed by atoms with E-state index in [2.05, 4.69) is 0 Å². The second kappa shape index (κ2) is 38.2. The van der Waals surface area contributed by atoms with Gasteiger partial charge in [0.15, 0.2) is 0 Å². The van der Waals surface area contributed by atoms with Crippen LogP contribution in [0.5, 0.6) is 0 Å². The normalized spacial score (nSPS) is 12.0. The van der Waals surface area contributed by atoms with E-state index in [-0.39, 0.29) is 0 Å². The predicted molar refractivity (Wildman–Crippen MR) is 208 cm³/mol. The fourth-order valence-electron chi connectivity index (χ4n) is 6.77. The molecular formula is C40H83Cl2NSi. The molecule has 0 radical (unpaired) electrons. The molecule has 4 heteroatoms. The summed E-state index contributed by atoms with van der Waals surface area (Å²) in [5.74, 6) is 0.